The predicted molar refractivity (Wildman–Crippen MR) is 72.1 cm³/mol. The lowest BCUT2D eigenvalue weighted by Gasteiger charge is -2.30. The summed E-state index contributed by atoms with van der Waals surface area (Å²) >= 11 is 0. The molecule has 1 fully saturated rings. The summed E-state index contributed by atoms with van der Waals surface area (Å²) in [4.78, 5) is 18.2. The third kappa shape index (κ3) is 2.06. The van der Waals surface area contributed by atoms with Gasteiger partial charge in [-0.2, -0.15) is 0 Å². The maximum Gasteiger partial charge on any atom is 0.313 e. The number of rotatable bonds is 2. The number of carbonyl (C=O) groups excluding carboxylic acids is 1. The molecule has 0 aromatic heterocycles. The van der Waals surface area contributed by atoms with Gasteiger partial charge in [-0.3, -0.25) is 4.79 Å². The molecule has 1 unspecified atom stereocenters. The van der Waals surface area contributed by atoms with E-state index in [4.69, 9.17) is 4.74 Å². The van der Waals surface area contributed by atoms with E-state index in [0.717, 1.165) is 30.1 Å². The van der Waals surface area contributed by atoms with Crippen LogP contribution in [-0.4, -0.2) is 38.1 Å². The number of hydrogen-bond acceptors (Lipinski definition) is 3. The van der Waals surface area contributed by atoms with Gasteiger partial charge in [-0.1, -0.05) is 12.1 Å². The van der Waals surface area contributed by atoms with Gasteiger partial charge in [-0.25, -0.2) is 4.99 Å². The van der Waals surface area contributed by atoms with E-state index in [-0.39, 0.29) is 5.91 Å². The normalized spacial score (nSPS) is 23.2. The number of fused-ring (bicyclic) bond motifs is 1. The van der Waals surface area contributed by atoms with Crippen LogP contribution in [0.4, 0.5) is 0 Å². The number of piperidine rings is 1. The molecule has 0 saturated carbocycles. The third-order valence-corrected chi connectivity index (χ3v) is 3.99. The van der Waals surface area contributed by atoms with Crippen LogP contribution in [0.2, 0.25) is 0 Å². The molecular weight excluding hydrogens is 240 g/mol. The summed E-state index contributed by atoms with van der Waals surface area (Å²) in [5.74, 6) is 0.605. The van der Waals surface area contributed by atoms with Gasteiger partial charge in [0.05, 0.1) is 17.7 Å². The van der Waals surface area contributed by atoms with Gasteiger partial charge < -0.3 is 9.64 Å². The first-order chi connectivity index (χ1) is 9.20. The van der Waals surface area contributed by atoms with Crippen molar-refractivity contribution in [3.8, 4) is 0 Å². The molecule has 2 aliphatic rings. The quantitative estimate of drug-likeness (QED) is 0.771. The number of methoxy groups -OCH3 is 1. The fraction of sp³-hybridized carbons (Fsp3) is 0.467. The van der Waals surface area contributed by atoms with Gasteiger partial charge in [-0.15, -0.1) is 0 Å². The molecule has 2 heterocycles. The van der Waals surface area contributed by atoms with E-state index in [1.807, 2.05) is 12.1 Å². The molecule has 4 nitrogen and oxygen atoms in total. The molecule has 0 spiro atoms. The Morgan fingerprint density at radius 1 is 1.42 bits per heavy atom. The van der Waals surface area contributed by atoms with Gasteiger partial charge in [0.2, 0.25) is 0 Å². The van der Waals surface area contributed by atoms with Crippen molar-refractivity contribution < 1.29 is 9.53 Å². The highest BCUT2D eigenvalue weighted by molar-refractivity contribution is 6.12. The lowest BCUT2D eigenvalue weighted by atomic mass is 9.89. The Labute approximate surface area is 112 Å². The Balaban J connectivity index is 2.15. The summed E-state index contributed by atoms with van der Waals surface area (Å²) in [5, 5.41) is 1.67. The summed E-state index contributed by atoms with van der Waals surface area (Å²) in [7, 11) is 3.69. The summed E-state index contributed by atoms with van der Waals surface area (Å²) in [6, 6.07) is 5.98. The maximum atomic E-state index is 11.8. The Bertz CT molecular complexity index is 636. The van der Waals surface area contributed by atoms with Crippen molar-refractivity contribution in [1.29, 1.82) is 0 Å². The number of carbonyl (C=O) groups is 1. The van der Waals surface area contributed by atoms with Crippen LogP contribution < -0.4 is 10.6 Å². The first-order valence-corrected chi connectivity index (χ1v) is 6.69. The van der Waals surface area contributed by atoms with Crippen molar-refractivity contribution in [2.45, 2.75) is 18.8 Å². The van der Waals surface area contributed by atoms with Gasteiger partial charge >= 0.3 is 5.91 Å². The molecule has 0 aliphatic carbocycles. The molecule has 100 valence electrons. The molecule has 2 aliphatic heterocycles. The van der Waals surface area contributed by atoms with E-state index in [1.54, 1.807) is 7.11 Å². The minimum Gasteiger partial charge on any atom is -0.491 e. The number of hydrogen-bond donors (Lipinski definition) is 0. The number of likely N-dealkylation sites (tertiary alicyclic amines) is 1. The Hall–Kier alpha value is -1.68. The smallest absolute Gasteiger partial charge is 0.313 e. The first kappa shape index (κ1) is 12.4. The monoisotopic (exact) mass is 258 g/mol. The second-order valence-corrected chi connectivity index (χ2v) is 5.29. The number of benzene rings is 1. The SMILES string of the molecule is COC1=c2c(C3CCCN(C)C3)cccc2=NC1=O. The summed E-state index contributed by atoms with van der Waals surface area (Å²) in [6.07, 6.45) is 2.35. The van der Waals surface area contributed by atoms with Crippen LogP contribution in [0.3, 0.4) is 0 Å². The first-order valence-electron chi connectivity index (χ1n) is 6.69. The van der Waals surface area contributed by atoms with Crippen molar-refractivity contribution in [1.82, 2.24) is 4.90 Å². The molecule has 1 aromatic carbocycles. The Morgan fingerprint density at radius 3 is 3.00 bits per heavy atom. The average molecular weight is 258 g/mol. The zero-order chi connectivity index (χ0) is 13.4. The van der Waals surface area contributed by atoms with E-state index in [1.165, 1.54) is 12.0 Å². The Morgan fingerprint density at radius 2 is 2.26 bits per heavy atom. The van der Waals surface area contributed by atoms with Crippen LogP contribution in [0.1, 0.15) is 24.3 Å². The number of amides is 1. The molecular formula is C15H18N2O2. The second-order valence-electron chi connectivity index (χ2n) is 5.29. The summed E-state index contributed by atoms with van der Waals surface area (Å²) < 4.78 is 5.27. The topological polar surface area (TPSA) is 41.9 Å². The lowest BCUT2D eigenvalue weighted by Crippen LogP contribution is -2.36. The largest absolute Gasteiger partial charge is 0.491 e. The van der Waals surface area contributed by atoms with E-state index in [2.05, 4.69) is 23.0 Å². The third-order valence-electron chi connectivity index (χ3n) is 3.99. The van der Waals surface area contributed by atoms with Crippen molar-refractivity contribution in [2.75, 3.05) is 27.2 Å². The summed E-state index contributed by atoms with van der Waals surface area (Å²) in [6.45, 7) is 2.18. The van der Waals surface area contributed by atoms with Crippen LogP contribution in [-0.2, 0) is 9.53 Å². The number of nitrogens with zero attached hydrogens (tertiary/aromatic N) is 2. The molecule has 1 atom stereocenters. The van der Waals surface area contributed by atoms with Gasteiger partial charge in [0.25, 0.3) is 0 Å². The molecule has 4 heteroatoms. The maximum absolute atomic E-state index is 11.8. The molecule has 3 rings (SSSR count). The van der Waals surface area contributed by atoms with Crippen LogP contribution >= 0.6 is 0 Å². The summed E-state index contributed by atoms with van der Waals surface area (Å²) in [5.41, 5.74) is 1.20. The minimum atomic E-state index is -0.255. The minimum absolute atomic E-state index is 0.255. The number of likely N-dealkylation sites (N-methyl/N-ethyl adjacent to an activating group) is 1. The van der Waals surface area contributed by atoms with Crippen LogP contribution in [0, 0.1) is 0 Å². The molecule has 19 heavy (non-hydrogen) atoms. The molecule has 1 amide bonds. The highest BCUT2D eigenvalue weighted by Crippen LogP contribution is 2.24. The Kier molecular flexibility index (Phi) is 3.11. The zero-order valence-corrected chi connectivity index (χ0v) is 11.3. The molecule has 0 bridgehead atoms. The van der Waals surface area contributed by atoms with E-state index >= 15 is 0 Å². The molecule has 0 radical (unpaired) electrons. The molecule has 1 saturated heterocycles. The fourth-order valence-corrected chi connectivity index (χ4v) is 3.11. The number of ether oxygens (including phenoxy) is 1. The molecule has 1 aromatic rings. The standard InChI is InChI=1S/C15H18N2O2/c1-17-8-4-5-10(9-17)11-6-3-7-12-13(11)14(19-2)15(18)16-12/h3,6-7,10H,4-5,8-9H2,1-2H3. The fourth-order valence-electron chi connectivity index (χ4n) is 3.11. The van der Waals surface area contributed by atoms with E-state index in [9.17, 15) is 4.79 Å². The van der Waals surface area contributed by atoms with Crippen LogP contribution in [0.25, 0.3) is 5.76 Å². The van der Waals surface area contributed by atoms with E-state index < -0.39 is 0 Å². The highest BCUT2D eigenvalue weighted by Gasteiger charge is 2.25. The zero-order valence-electron chi connectivity index (χ0n) is 11.3. The average Bonchev–Trinajstić information content (AvgIpc) is 2.73. The molecule has 0 N–H and O–H groups in total. The van der Waals surface area contributed by atoms with Gasteiger partial charge in [0.1, 0.15) is 0 Å². The van der Waals surface area contributed by atoms with Crippen molar-refractivity contribution in [2.24, 2.45) is 4.99 Å². The second kappa shape index (κ2) is 4.78. The van der Waals surface area contributed by atoms with Crippen molar-refractivity contribution >= 4 is 11.7 Å². The van der Waals surface area contributed by atoms with Crippen molar-refractivity contribution in [3.05, 3.63) is 34.3 Å². The van der Waals surface area contributed by atoms with Gasteiger partial charge in [-0.05, 0) is 44.0 Å². The van der Waals surface area contributed by atoms with Gasteiger partial charge in [0.15, 0.2) is 5.76 Å². The van der Waals surface area contributed by atoms with Crippen LogP contribution in [0.15, 0.2) is 23.2 Å². The van der Waals surface area contributed by atoms with Crippen molar-refractivity contribution in [3.63, 3.8) is 0 Å². The highest BCUT2D eigenvalue weighted by atomic mass is 16.5. The van der Waals surface area contributed by atoms with Gasteiger partial charge in [0, 0.05) is 6.54 Å². The lowest BCUT2D eigenvalue weighted by molar-refractivity contribution is -0.114. The van der Waals surface area contributed by atoms with E-state index in [0.29, 0.717) is 11.7 Å². The van der Waals surface area contributed by atoms with Crippen LogP contribution in [0.5, 0.6) is 0 Å². The predicted octanol–water partition coefficient (Wildman–Crippen LogP) is 0.410.